The highest BCUT2D eigenvalue weighted by atomic mass is 16.5. The molecule has 0 bridgehead atoms. The highest BCUT2D eigenvalue weighted by molar-refractivity contribution is 5.89. The number of benzene rings is 3. The lowest BCUT2D eigenvalue weighted by Crippen LogP contribution is -2.02. The van der Waals surface area contributed by atoms with Gasteiger partial charge in [-0.1, -0.05) is 54.6 Å². The van der Waals surface area contributed by atoms with E-state index >= 15 is 0 Å². The van der Waals surface area contributed by atoms with Crippen LogP contribution in [0.5, 0.6) is 5.75 Å². The minimum Gasteiger partial charge on any atom is -0.489 e. The molecule has 0 amide bonds. The fraction of sp³-hybridized carbons (Fsp3) is 0.174. The molecule has 0 aliphatic rings. The summed E-state index contributed by atoms with van der Waals surface area (Å²) in [4.78, 5) is 11.6. The third-order valence-corrected chi connectivity index (χ3v) is 4.22. The number of aryl methyl sites for hydroxylation is 2. The molecule has 0 spiro atoms. The monoisotopic (exact) mass is 346 g/mol. The Morgan fingerprint density at radius 3 is 2.19 bits per heavy atom. The van der Waals surface area contributed by atoms with E-state index in [-0.39, 0.29) is 5.97 Å². The quantitative estimate of drug-likeness (QED) is 0.574. The van der Waals surface area contributed by atoms with E-state index in [0.29, 0.717) is 12.2 Å². The van der Waals surface area contributed by atoms with Crippen molar-refractivity contribution in [3.63, 3.8) is 0 Å². The second kappa shape index (κ2) is 8.86. The van der Waals surface area contributed by atoms with Crippen LogP contribution in [0.1, 0.15) is 27.0 Å². The van der Waals surface area contributed by atoms with Gasteiger partial charge in [0.15, 0.2) is 0 Å². The molecule has 0 saturated carbocycles. The third kappa shape index (κ3) is 4.96. The number of methoxy groups -OCH3 is 1. The van der Waals surface area contributed by atoms with Gasteiger partial charge in [0, 0.05) is 0 Å². The summed E-state index contributed by atoms with van der Waals surface area (Å²) in [5.41, 5.74) is 4.11. The highest BCUT2D eigenvalue weighted by Gasteiger charge is 2.06. The molecule has 3 aromatic carbocycles. The minimum absolute atomic E-state index is 0.299. The zero-order valence-electron chi connectivity index (χ0n) is 14.9. The van der Waals surface area contributed by atoms with Gasteiger partial charge < -0.3 is 9.47 Å². The number of carbonyl (C=O) groups is 1. The molecule has 0 heterocycles. The summed E-state index contributed by atoms with van der Waals surface area (Å²) in [6.45, 7) is 0.570. The number of hydrogen-bond acceptors (Lipinski definition) is 3. The Morgan fingerprint density at radius 1 is 0.769 bits per heavy atom. The Labute approximate surface area is 154 Å². The zero-order valence-corrected chi connectivity index (χ0v) is 14.9. The van der Waals surface area contributed by atoms with Crippen LogP contribution in [0.15, 0.2) is 78.9 Å². The third-order valence-electron chi connectivity index (χ3n) is 4.22. The van der Waals surface area contributed by atoms with E-state index in [0.717, 1.165) is 29.7 Å². The van der Waals surface area contributed by atoms with E-state index < -0.39 is 0 Å². The maximum Gasteiger partial charge on any atom is 0.337 e. The maximum absolute atomic E-state index is 11.6. The van der Waals surface area contributed by atoms with Crippen molar-refractivity contribution in [2.45, 2.75) is 19.4 Å². The smallest absolute Gasteiger partial charge is 0.337 e. The number of hydrogen-bond donors (Lipinski definition) is 0. The fourth-order valence-electron chi connectivity index (χ4n) is 2.75. The van der Waals surface area contributed by atoms with Crippen LogP contribution in [-0.4, -0.2) is 13.1 Å². The van der Waals surface area contributed by atoms with Crippen molar-refractivity contribution in [2.75, 3.05) is 7.11 Å². The van der Waals surface area contributed by atoms with Gasteiger partial charge >= 0.3 is 5.97 Å². The lowest BCUT2D eigenvalue weighted by molar-refractivity contribution is 0.0600. The largest absolute Gasteiger partial charge is 0.489 e. The SMILES string of the molecule is COC(=O)c1cccc(CCc2ccc(OCc3ccccc3)cc2)c1. The van der Waals surface area contributed by atoms with Gasteiger partial charge in [0.2, 0.25) is 0 Å². The van der Waals surface area contributed by atoms with E-state index in [9.17, 15) is 4.79 Å². The first-order valence-electron chi connectivity index (χ1n) is 8.67. The molecule has 0 aliphatic carbocycles. The van der Waals surface area contributed by atoms with Crippen LogP contribution in [-0.2, 0) is 24.2 Å². The van der Waals surface area contributed by atoms with Gasteiger partial charge in [-0.3, -0.25) is 0 Å². The Bertz CT molecular complexity index is 839. The van der Waals surface area contributed by atoms with Crippen molar-refractivity contribution in [2.24, 2.45) is 0 Å². The first kappa shape index (κ1) is 17.7. The van der Waals surface area contributed by atoms with Gasteiger partial charge in [-0.25, -0.2) is 4.79 Å². The molecule has 0 N–H and O–H groups in total. The van der Waals surface area contributed by atoms with Crippen molar-refractivity contribution in [1.29, 1.82) is 0 Å². The van der Waals surface area contributed by atoms with Crippen molar-refractivity contribution in [3.05, 3.63) is 101 Å². The average molecular weight is 346 g/mol. The predicted octanol–water partition coefficient (Wildman–Crippen LogP) is 4.84. The Morgan fingerprint density at radius 2 is 1.46 bits per heavy atom. The normalized spacial score (nSPS) is 10.3. The first-order chi connectivity index (χ1) is 12.7. The number of ether oxygens (including phenoxy) is 2. The molecule has 3 heteroatoms. The summed E-state index contributed by atoms with van der Waals surface area (Å²) in [7, 11) is 1.40. The van der Waals surface area contributed by atoms with E-state index in [4.69, 9.17) is 9.47 Å². The molecular weight excluding hydrogens is 324 g/mol. The van der Waals surface area contributed by atoms with Crippen LogP contribution in [0.3, 0.4) is 0 Å². The fourth-order valence-corrected chi connectivity index (χ4v) is 2.75. The van der Waals surface area contributed by atoms with Crippen LogP contribution in [0.25, 0.3) is 0 Å². The molecule has 0 fully saturated rings. The van der Waals surface area contributed by atoms with Crippen molar-refractivity contribution >= 4 is 5.97 Å². The second-order valence-electron chi connectivity index (χ2n) is 6.11. The predicted molar refractivity (Wildman–Crippen MR) is 102 cm³/mol. The molecule has 3 aromatic rings. The molecule has 26 heavy (non-hydrogen) atoms. The van der Waals surface area contributed by atoms with Crippen molar-refractivity contribution < 1.29 is 14.3 Å². The van der Waals surface area contributed by atoms with E-state index in [1.165, 1.54) is 12.7 Å². The molecule has 0 radical (unpaired) electrons. The Kier molecular flexibility index (Phi) is 6.05. The van der Waals surface area contributed by atoms with E-state index in [1.807, 2.05) is 48.5 Å². The van der Waals surface area contributed by atoms with E-state index in [1.54, 1.807) is 6.07 Å². The van der Waals surface area contributed by atoms with Crippen molar-refractivity contribution in [1.82, 2.24) is 0 Å². The number of rotatable bonds is 7. The number of esters is 1. The first-order valence-corrected chi connectivity index (χ1v) is 8.67. The Balaban J connectivity index is 1.54. The average Bonchev–Trinajstić information content (AvgIpc) is 2.72. The van der Waals surface area contributed by atoms with Crippen LogP contribution >= 0.6 is 0 Å². The van der Waals surface area contributed by atoms with Gasteiger partial charge in [0.25, 0.3) is 0 Å². The minimum atomic E-state index is -0.299. The summed E-state index contributed by atoms with van der Waals surface area (Å²) < 4.78 is 10.6. The summed E-state index contributed by atoms with van der Waals surface area (Å²) in [6, 6.07) is 25.9. The van der Waals surface area contributed by atoms with Gasteiger partial charge in [-0.05, 0) is 53.8 Å². The standard InChI is InChI=1S/C23H22O3/c1-25-23(24)21-9-5-8-19(16-21)11-10-18-12-14-22(15-13-18)26-17-20-6-3-2-4-7-20/h2-9,12-16H,10-11,17H2,1H3. The van der Waals surface area contributed by atoms with Gasteiger partial charge in [0.05, 0.1) is 12.7 Å². The Hall–Kier alpha value is -3.07. The molecule has 0 aliphatic heterocycles. The zero-order chi connectivity index (χ0) is 18.2. The van der Waals surface area contributed by atoms with Gasteiger partial charge in [-0.15, -0.1) is 0 Å². The molecule has 0 unspecified atom stereocenters. The maximum atomic E-state index is 11.6. The highest BCUT2D eigenvalue weighted by Crippen LogP contribution is 2.16. The lowest BCUT2D eigenvalue weighted by Gasteiger charge is -2.08. The lowest BCUT2D eigenvalue weighted by atomic mass is 10.0. The molecule has 3 nitrogen and oxygen atoms in total. The molecule has 132 valence electrons. The van der Waals surface area contributed by atoms with Crippen LogP contribution in [0.2, 0.25) is 0 Å². The summed E-state index contributed by atoms with van der Waals surface area (Å²) >= 11 is 0. The molecular formula is C23H22O3. The number of carbonyl (C=O) groups excluding carboxylic acids is 1. The van der Waals surface area contributed by atoms with Crippen LogP contribution in [0, 0.1) is 0 Å². The summed E-state index contributed by atoms with van der Waals surface area (Å²) in [6.07, 6.45) is 1.78. The van der Waals surface area contributed by atoms with Gasteiger partial charge in [0.1, 0.15) is 12.4 Å². The molecule has 0 saturated heterocycles. The summed E-state index contributed by atoms with van der Waals surface area (Å²) in [5.74, 6) is 0.567. The molecule has 0 atom stereocenters. The summed E-state index contributed by atoms with van der Waals surface area (Å²) in [5, 5.41) is 0. The molecule has 0 aromatic heterocycles. The van der Waals surface area contributed by atoms with Gasteiger partial charge in [-0.2, -0.15) is 0 Å². The molecule has 3 rings (SSSR count). The van der Waals surface area contributed by atoms with E-state index in [2.05, 4.69) is 24.3 Å². The van der Waals surface area contributed by atoms with Crippen molar-refractivity contribution in [3.8, 4) is 5.75 Å². The van der Waals surface area contributed by atoms with Crippen LogP contribution in [0.4, 0.5) is 0 Å². The second-order valence-corrected chi connectivity index (χ2v) is 6.11. The van der Waals surface area contributed by atoms with Crippen LogP contribution < -0.4 is 4.74 Å². The topological polar surface area (TPSA) is 35.5 Å².